The summed E-state index contributed by atoms with van der Waals surface area (Å²) < 4.78 is 7.03. The van der Waals surface area contributed by atoms with Crippen molar-refractivity contribution in [2.45, 2.75) is 12.6 Å². The van der Waals surface area contributed by atoms with E-state index in [2.05, 4.69) is 69.4 Å². The highest BCUT2D eigenvalue weighted by atomic mass is 79.9. The second-order valence-electron chi connectivity index (χ2n) is 5.14. The lowest BCUT2D eigenvalue weighted by Gasteiger charge is -2.33. The predicted molar refractivity (Wildman–Crippen MR) is 84.6 cm³/mol. The Kier molecular flexibility index (Phi) is 4.51. The highest BCUT2D eigenvalue weighted by Gasteiger charge is 2.21. The van der Waals surface area contributed by atoms with Gasteiger partial charge in [-0.3, -0.25) is 4.90 Å². The Balaban J connectivity index is 1.67. The lowest BCUT2D eigenvalue weighted by Crippen LogP contribution is -2.37. The number of nitrogens with zero attached hydrogens (tertiary/aromatic N) is 1. The molecule has 2 aromatic carbocycles. The third kappa shape index (κ3) is 3.48. The van der Waals surface area contributed by atoms with Crippen LogP contribution in [0.4, 0.5) is 0 Å². The zero-order chi connectivity index (χ0) is 13.8. The van der Waals surface area contributed by atoms with Crippen molar-refractivity contribution in [3.63, 3.8) is 0 Å². The summed E-state index contributed by atoms with van der Waals surface area (Å²) in [6, 6.07) is 19.0. The van der Waals surface area contributed by atoms with Crippen LogP contribution < -0.4 is 0 Å². The number of morpholine rings is 1. The maximum atomic E-state index is 5.92. The van der Waals surface area contributed by atoms with Gasteiger partial charge in [0, 0.05) is 24.1 Å². The molecule has 1 heterocycles. The molecule has 0 amide bonds. The molecule has 3 rings (SSSR count). The third-order valence-corrected chi connectivity index (χ3v) is 4.11. The average molecular weight is 332 g/mol. The van der Waals surface area contributed by atoms with Gasteiger partial charge in [-0.1, -0.05) is 58.4 Å². The van der Waals surface area contributed by atoms with Gasteiger partial charge in [-0.25, -0.2) is 0 Å². The van der Waals surface area contributed by atoms with Crippen LogP contribution in [0.1, 0.15) is 17.2 Å². The second-order valence-corrected chi connectivity index (χ2v) is 6.05. The highest BCUT2D eigenvalue weighted by Crippen LogP contribution is 2.25. The second kappa shape index (κ2) is 6.53. The molecule has 1 aliphatic heterocycles. The summed E-state index contributed by atoms with van der Waals surface area (Å²) in [5.41, 5.74) is 2.61. The van der Waals surface area contributed by atoms with E-state index in [4.69, 9.17) is 4.74 Å². The third-order valence-electron chi connectivity index (χ3n) is 3.62. The fourth-order valence-electron chi connectivity index (χ4n) is 2.60. The summed E-state index contributed by atoms with van der Waals surface area (Å²) in [5, 5.41) is 0. The first-order valence-electron chi connectivity index (χ1n) is 6.94. The van der Waals surface area contributed by atoms with Crippen LogP contribution >= 0.6 is 15.9 Å². The Labute approximate surface area is 128 Å². The van der Waals surface area contributed by atoms with E-state index in [-0.39, 0.29) is 6.10 Å². The molecule has 1 saturated heterocycles. The largest absolute Gasteiger partial charge is 0.371 e. The van der Waals surface area contributed by atoms with Crippen LogP contribution in [0.2, 0.25) is 0 Å². The number of benzene rings is 2. The van der Waals surface area contributed by atoms with Gasteiger partial charge in [-0.05, 0) is 23.3 Å². The zero-order valence-corrected chi connectivity index (χ0v) is 12.9. The van der Waals surface area contributed by atoms with Crippen molar-refractivity contribution < 1.29 is 4.74 Å². The van der Waals surface area contributed by atoms with E-state index in [1.807, 2.05) is 6.07 Å². The van der Waals surface area contributed by atoms with E-state index in [1.54, 1.807) is 0 Å². The van der Waals surface area contributed by atoms with Gasteiger partial charge >= 0.3 is 0 Å². The summed E-state index contributed by atoms with van der Waals surface area (Å²) in [6.45, 7) is 3.74. The SMILES string of the molecule is Brc1cccc(C2CN(Cc3ccccc3)CCO2)c1. The van der Waals surface area contributed by atoms with Gasteiger partial charge in [0.05, 0.1) is 12.7 Å². The molecule has 0 N–H and O–H groups in total. The molecule has 2 aromatic rings. The van der Waals surface area contributed by atoms with Gasteiger partial charge < -0.3 is 4.74 Å². The molecule has 3 heteroatoms. The van der Waals surface area contributed by atoms with Gasteiger partial charge in [0.1, 0.15) is 0 Å². The first kappa shape index (κ1) is 13.8. The Morgan fingerprint density at radius 3 is 2.75 bits per heavy atom. The van der Waals surface area contributed by atoms with Crippen LogP contribution in [0.15, 0.2) is 59.1 Å². The molecule has 0 radical (unpaired) electrons. The van der Waals surface area contributed by atoms with Crippen molar-refractivity contribution in [2.24, 2.45) is 0 Å². The molecule has 1 aliphatic rings. The van der Waals surface area contributed by atoms with Crippen LogP contribution in [0.5, 0.6) is 0 Å². The maximum absolute atomic E-state index is 5.92. The van der Waals surface area contributed by atoms with E-state index in [0.29, 0.717) is 0 Å². The van der Waals surface area contributed by atoms with Gasteiger partial charge in [-0.15, -0.1) is 0 Å². The summed E-state index contributed by atoms with van der Waals surface area (Å²) >= 11 is 3.53. The van der Waals surface area contributed by atoms with Gasteiger partial charge in [0.25, 0.3) is 0 Å². The van der Waals surface area contributed by atoms with Crippen LogP contribution in [0.25, 0.3) is 0 Å². The highest BCUT2D eigenvalue weighted by molar-refractivity contribution is 9.10. The van der Waals surface area contributed by atoms with E-state index < -0.39 is 0 Å². The lowest BCUT2D eigenvalue weighted by molar-refractivity contribution is -0.0329. The van der Waals surface area contributed by atoms with E-state index in [9.17, 15) is 0 Å². The van der Waals surface area contributed by atoms with Crippen molar-refractivity contribution in [1.29, 1.82) is 0 Å². The number of hydrogen-bond acceptors (Lipinski definition) is 2. The summed E-state index contributed by atoms with van der Waals surface area (Å²) in [4.78, 5) is 2.46. The lowest BCUT2D eigenvalue weighted by atomic mass is 10.1. The molecule has 0 aromatic heterocycles. The molecule has 1 atom stereocenters. The fourth-order valence-corrected chi connectivity index (χ4v) is 3.01. The minimum atomic E-state index is 0.171. The number of halogens is 1. The minimum absolute atomic E-state index is 0.171. The molecule has 2 nitrogen and oxygen atoms in total. The Hall–Kier alpha value is -1.16. The van der Waals surface area contributed by atoms with Crippen molar-refractivity contribution in [3.05, 3.63) is 70.2 Å². The molecule has 104 valence electrons. The minimum Gasteiger partial charge on any atom is -0.371 e. The summed E-state index contributed by atoms with van der Waals surface area (Å²) in [6.07, 6.45) is 0.171. The smallest absolute Gasteiger partial charge is 0.0952 e. The molecule has 0 bridgehead atoms. The van der Waals surface area contributed by atoms with Gasteiger partial charge in [0.15, 0.2) is 0 Å². The van der Waals surface area contributed by atoms with Crippen molar-refractivity contribution in [2.75, 3.05) is 19.7 Å². The van der Waals surface area contributed by atoms with Gasteiger partial charge in [-0.2, -0.15) is 0 Å². The van der Waals surface area contributed by atoms with Crippen LogP contribution in [-0.4, -0.2) is 24.6 Å². The first-order chi connectivity index (χ1) is 9.81. The Morgan fingerprint density at radius 1 is 1.10 bits per heavy atom. The number of hydrogen-bond donors (Lipinski definition) is 0. The molecule has 20 heavy (non-hydrogen) atoms. The predicted octanol–water partition coefficient (Wildman–Crippen LogP) is 4.02. The van der Waals surface area contributed by atoms with Crippen molar-refractivity contribution in [1.82, 2.24) is 4.90 Å². The molecule has 0 saturated carbocycles. The van der Waals surface area contributed by atoms with Crippen LogP contribution in [0, 0.1) is 0 Å². The molecule has 1 unspecified atom stereocenters. The summed E-state index contributed by atoms with van der Waals surface area (Å²) in [5.74, 6) is 0. The Bertz CT molecular complexity index is 558. The molecule has 0 aliphatic carbocycles. The molecular formula is C17H18BrNO. The molecular weight excluding hydrogens is 314 g/mol. The van der Waals surface area contributed by atoms with Crippen molar-refractivity contribution >= 4 is 15.9 Å². The normalized spacial score (nSPS) is 19.9. The fraction of sp³-hybridized carbons (Fsp3) is 0.294. The molecule has 0 spiro atoms. The summed E-state index contributed by atoms with van der Waals surface area (Å²) in [7, 11) is 0. The standard InChI is InChI=1S/C17H18BrNO/c18-16-8-4-7-15(11-16)17-13-19(9-10-20-17)12-14-5-2-1-3-6-14/h1-8,11,17H,9-10,12-13H2. The van der Waals surface area contributed by atoms with E-state index in [0.717, 1.165) is 30.7 Å². The molecule has 1 fully saturated rings. The van der Waals surface area contributed by atoms with Crippen LogP contribution in [0.3, 0.4) is 0 Å². The van der Waals surface area contributed by atoms with Crippen LogP contribution in [-0.2, 0) is 11.3 Å². The van der Waals surface area contributed by atoms with E-state index in [1.165, 1.54) is 11.1 Å². The number of rotatable bonds is 3. The quantitative estimate of drug-likeness (QED) is 0.842. The zero-order valence-electron chi connectivity index (χ0n) is 11.3. The first-order valence-corrected chi connectivity index (χ1v) is 7.74. The van der Waals surface area contributed by atoms with E-state index >= 15 is 0 Å². The van der Waals surface area contributed by atoms with Crippen molar-refractivity contribution in [3.8, 4) is 0 Å². The Morgan fingerprint density at radius 2 is 1.95 bits per heavy atom. The van der Waals surface area contributed by atoms with Gasteiger partial charge in [0.2, 0.25) is 0 Å². The maximum Gasteiger partial charge on any atom is 0.0952 e. The number of ether oxygens (including phenoxy) is 1. The average Bonchev–Trinajstić information content (AvgIpc) is 2.49. The topological polar surface area (TPSA) is 12.5 Å². The monoisotopic (exact) mass is 331 g/mol.